The maximum absolute atomic E-state index is 14.2. The highest BCUT2D eigenvalue weighted by Crippen LogP contribution is 2.23. The Hall–Kier alpha value is -2.85. The minimum absolute atomic E-state index is 0.207. The minimum atomic E-state index is -3.91. The summed E-state index contributed by atoms with van der Waals surface area (Å²) in [5.41, 5.74) is -0.618. The molecular formula is C19H21F2N3O4S. The maximum atomic E-state index is 14.2. The van der Waals surface area contributed by atoms with E-state index in [0.29, 0.717) is 0 Å². The summed E-state index contributed by atoms with van der Waals surface area (Å²) in [6.07, 6.45) is 0. The van der Waals surface area contributed by atoms with Crippen LogP contribution in [0.3, 0.4) is 0 Å². The third-order valence-corrected chi connectivity index (χ3v) is 6.11. The zero-order chi connectivity index (χ0) is 21.8. The van der Waals surface area contributed by atoms with Gasteiger partial charge in [-0.25, -0.2) is 17.2 Å². The lowest BCUT2D eigenvalue weighted by Crippen LogP contribution is -2.31. The molecule has 10 heteroatoms. The number of anilines is 2. The molecule has 0 unspecified atom stereocenters. The molecule has 0 aliphatic carbocycles. The fourth-order valence-electron chi connectivity index (χ4n) is 2.64. The summed E-state index contributed by atoms with van der Waals surface area (Å²) >= 11 is 0. The standard InChI is InChI=1S/C19H21F2N3O4S/c1-4-24(5-2)29(27,28)14-7-9-16(20)15(11-14)19(26)23-18-10-13(22-12(3)25)6-8-17(18)21/h6-11H,4-5H2,1-3H3,(H,22,25)(H,23,26). The minimum Gasteiger partial charge on any atom is -0.326 e. The Morgan fingerprint density at radius 1 is 0.966 bits per heavy atom. The second-order valence-electron chi connectivity index (χ2n) is 6.06. The van der Waals surface area contributed by atoms with Gasteiger partial charge in [0.2, 0.25) is 15.9 Å². The summed E-state index contributed by atoms with van der Waals surface area (Å²) in [5, 5.41) is 4.64. The van der Waals surface area contributed by atoms with Crippen LogP contribution in [0, 0.1) is 11.6 Å². The van der Waals surface area contributed by atoms with Crippen molar-refractivity contribution in [2.75, 3.05) is 23.7 Å². The number of hydrogen-bond acceptors (Lipinski definition) is 4. The van der Waals surface area contributed by atoms with Crippen LogP contribution < -0.4 is 10.6 Å². The molecule has 2 rings (SSSR count). The summed E-state index contributed by atoms with van der Waals surface area (Å²) in [6.45, 7) is 4.99. The fraction of sp³-hybridized carbons (Fsp3) is 0.263. The zero-order valence-electron chi connectivity index (χ0n) is 16.1. The van der Waals surface area contributed by atoms with Crippen LogP contribution in [0.1, 0.15) is 31.1 Å². The van der Waals surface area contributed by atoms with Crippen molar-refractivity contribution in [2.45, 2.75) is 25.7 Å². The van der Waals surface area contributed by atoms with E-state index in [-0.39, 0.29) is 29.4 Å². The number of nitrogens with one attached hydrogen (secondary N) is 2. The normalized spacial score (nSPS) is 11.4. The molecule has 2 aromatic rings. The molecule has 0 aliphatic heterocycles. The lowest BCUT2D eigenvalue weighted by atomic mass is 10.2. The number of rotatable bonds is 7. The van der Waals surface area contributed by atoms with Gasteiger partial charge in [-0.2, -0.15) is 4.31 Å². The molecule has 7 nitrogen and oxygen atoms in total. The van der Waals surface area contributed by atoms with Crippen LogP contribution in [0.15, 0.2) is 41.3 Å². The van der Waals surface area contributed by atoms with Gasteiger partial charge in [-0.3, -0.25) is 9.59 Å². The second-order valence-corrected chi connectivity index (χ2v) is 8.00. The Morgan fingerprint density at radius 3 is 2.17 bits per heavy atom. The van der Waals surface area contributed by atoms with Crippen molar-refractivity contribution in [2.24, 2.45) is 0 Å². The summed E-state index contributed by atoms with van der Waals surface area (Å²) in [5.74, 6) is -3.19. The molecule has 156 valence electrons. The largest absolute Gasteiger partial charge is 0.326 e. The molecular weight excluding hydrogens is 404 g/mol. The summed E-state index contributed by atoms with van der Waals surface area (Å²) in [6, 6.07) is 6.34. The Balaban J connectivity index is 2.38. The van der Waals surface area contributed by atoms with Gasteiger partial charge in [0.1, 0.15) is 11.6 Å². The van der Waals surface area contributed by atoms with Crippen molar-refractivity contribution in [1.29, 1.82) is 0 Å². The van der Waals surface area contributed by atoms with Crippen molar-refractivity contribution in [3.05, 3.63) is 53.6 Å². The van der Waals surface area contributed by atoms with Gasteiger partial charge in [-0.05, 0) is 36.4 Å². The fourth-order valence-corrected chi connectivity index (χ4v) is 4.13. The number of sulfonamides is 1. The Labute approximate surface area is 167 Å². The SMILES string of the molecule is CCN(CC)S(=O)(=O)c1ccc(F)c(C(=O)Nc2cc(NC(C)=O)ccc2F)c1. The summed E-state index contributed by atoms with van der Waals surface area (Å²) < 4.78 is 54.6. The van der Waals surface area contributed by atoms with Gasteiger partial charge in [0, 0.05) is 25.7 Å². The molecule has 0 heterocycles. The molecule has 0 fully saturated rings. The predicted octanol–water partition coefficient (Wildman–Crippen LogP) is 3.21. The van der Waals surface area contributed by atoms with Crippen LogP contribution >= 0.6 is 0 Å². The molecule has 2 amide bonds. The molecule has 0 aromatic heterocycles. The molecule has 0 saturated heterocycles. The number of halogens is 2. The maximum Gasteiger partial charge on any atom is 0.258 e. The lowest BCUT2D eigenvalue weighted by Gasteiger charge is -2.19. The molecule has 0 radical (unpaired) electrons. The lowest BCUT2D eigenvalue weighted by molar-refractivity contribution is -0.114. The van der Waals surface area contributed by atoms with Crippen LogP contribution in [0.25, 0.3) is 0 Å². The number of nitrogens with zero attached hydrogens (tertiary/aromatic N) is 1. The molecule has 29 heavy (non-hydrogen) atoms. The van der Waals surface area contributed by atoms with Crippen molar-refractivity contribution in [3.63, 3.8) is 0 Å². The number of carbonyl (C=O) groups is 2. The molecule has 0 bridgehead atoms. The molecule has 0 saturated carbocycles. The first kappa shape index (κ1) is 22.4. The third kappa shape index (κ3) is 5.15. The van der Waals surface area contributed by atoms with Gasteiger partial charge in [-0.15, -0.1) is 0 Å². The average Bonchev–Trinajstić information content (AvgIpc) is 2.64. The van der Waals surface area contributed by atoms with Gasteiger partial charge in [0.25, 0.3) is 5.91 Å². The first-order valence-corrected chi connectivity index (χ1v) is 10.2. The summed E-state index contributed by atoms with van der Waals surface area (Å²) in [4.78, 5) is 23.4. The molecule has 0 aliphatic rings. The van der Waals surface area contributed by atoms with Crippen LogP contribution in [-0.2, 0) is 14.8 Å². The smallest absolute Gasteiger partial charge is 0.258 e. The molecule has 2 aromatic carbocycles. The van der Waals surface area contributed by atoms with Gasteiger partial charge in [0.05, 0.1) is 16.1 Å². The summed E-state index contributed by atoms with van der Waals surface area (Å²) in [7, 11) is -3.91. The number of carbonyl (C=O) groups excluding carboxylic acids is 2. The van der Waals surface area contributed by atoms with Crippen molar-refractivity contribution in [1.82, 2.24) is 4.31 Å². The number of benzene rings is 2. The molecule has 0 spiro atoms. The monoisotopic (exact) mass is 425 g/mol. The van der Waals surface area contributed by atoms with E-state index in [0.717, 1.165) is 24.3 Å². The van der Waals surface area contributed by atoms with Crippen LogP contribution in [0.4, 0.5) is 20.2 Å². The Bertz CT molecular complexity index is 1040. The Kier molecular flexibility index (Phi) is 7.04. The number of amides is 2. The van der Waals surface area contributed by atoms with Crippen LogP contribution in [0.2, 0.25) is 0 Å². The topological polar surface area (TPSA) is 95.6 Å². The van der Waals surface area contributed by atoms with Gasteiger partial charge >= 0.3 is 0 Å². The van der Waals surface area contributed by atoms with Gasteiger partial charge in [0.15, 0.2) is 0 Å². The zero-order valence-corrected chi connectivity index (χ0v) is 16.9. The van der Waals surface area contributed by atoms with Gasteiger partial charge < -0.3 is 10.6 Å². The average molecular weight is 425 g/mol. The first-order chi connectivity index (χ1) is 13.6. The molecule has 0 atom stereocenters. The van der Waals surface area contributed by atoms with Crippen LogP contribution in [0.5, 0.6) is 0 Å². The predicted molar refractivity (Wildman–Crippen MR) is 105 cm³/mol. The van der Waals surface area contributed by atoms with E-state index in [2.05, 4.69) is 10.6 Å². The first-order valence-electron chi connectivity index (χ1n) is 8.78. The van der Waals surface area contributed by atoms with Crippen LogP contribution in [-0.4, -0.2) is 37.6 Å². The van der Waals surface area contributed by atoms with Crippen molar-refractivity contribution >= 4 is 33.2 Å². The van der Waals surface area contributed by atoms with Crippen molar-refractivity contribution < 1.29 is 26.8 Å². The van der Waals surface area contributed by atoms with E-state index < -0.39 is 39.0 Å². The second kappa shape index (κ2) is 9.10. The van der Waals surface area contributed by atoms with Crippen molar-refractivity contribution in [3.8, 4) is 0 Å². The highest BCUT2D eigenvalue weighted by Gasteiger charge is 2.24. The van der Waals surface area contributed by atoms with E-state index in [4.69, 9.17) is 0 Å². The Morgan fingerprint density at radius 2 is 1.59 bits per heavy atom. The van der Waals surface area contributed by atoms with E-state index in [1.807, 2.05) is 0 Å². The highest BCUT2D eigenvalue weighted by molar-refractivity contribution is 7.89. The van der Waals surface area contributed by atoms with Gasteiger partial charge in [-0.1, -0.05) is 13.8 Å². The van der Waals surface area contributed by atoms with E-state index in [1.165, 1.54) is 23.4 Å². The molecule has 2 N–H and O–H groups in total. The van der Waals surface area contributed by atoms with E-state index in [9.17, 15) is 26.8 Å². The quantitative estimate of drug-likeness (QED) is 0.712. The highest BCUT2D eigenvalue weighted by atomic mass is 32.2. The van der Waals surface area contributed by atoms with E-state index >= 15 is 0 Å². The van der Waals surface area contributed by atoms with E-state index in [1.54, 1.807) is 13.8 Å². The third-order valence-electron chi connectivity index (χ3n) is 4.06. The number of hydrogen-bond donors (Lipinski definition) is 2.